The fraction of sp³-hybridized carbons (Fsp3) is 0.433. The molecule has 1 aromatic heterocycles. The second-order valence-electron chi connectivity index (χ2n) is 11.1. The molecule has 1 amide bonds. The zero-order valence-corrected chi connectivity index (χ0v) is 23.9. The second kappa shape index (κ2) is 10.8. The number of nitriles is 1. The lowest BCUT2D eigenvalue weighted by atomic mass is 9.94. The zero-order chi connectivity index (χ0) is 29.9. The monoisotopic (exact) mass is 599 g/mol. The van der Waals surface area contributed by atoms with Gasteiger partial charge in [0.05, 0.1) is 22.3 Å². The van der Waals surface area contributed by atoms with Gasteiger partial charge in [-0.1, -0.05) is 23.7 Å². The molecule has 0 N–H and O–H groups in total. The van der Waals surface area contributed by atoms with Crippen LogP contribution >= 0.6 is 11.6 Å². The molecule has 6 rings (SSSR count). The van der Waals surface area contributed by atoms with Gasteiger partial charge in [-0.25, -0.2) is 13.2 Å². The highest BCUT2D eigenvalue weighted by atomic mass is 35.5. The number of amides is 1. The predicted octanol–water partition coefficient (Wildman–Crippen LogP) is 4.97. The number of pyridine rings is 1. The van der Waals surface area contributed by atoms with Crippen molar-refractivity contribution >= 4 is 34.1 Å². The van der Waals surface area contributed by atoms with Crippen molar-refractivity contribution in [2.24, 2.45) is 0 Å². The Kier molecular flexibility index (Phi) is 7.31. The molecule has 2 saturated heterocycles. The summed E-state index contributed by atoms with van der Waals surface area (Å²) in [4.78, 5) is 32.0. The molecule has 0 radical (unpaired) electrons. The number of hydrogen-bond acceptors (Lipinski definition) is 6. The third kappa shape index (κ3) is 4.48. The van der Waals surface area contributed by atoms with Gasteiger partial charge in [-0.15, -0.1) is 0 Å². The average molecular weight is 600 g/mol. The van der Waals surface area contributed by atoms with Crippen LogP contribution < -0.4 is 15.2 Å². The molecule has 3 aliphatic rings. The highest BCUT2D eigenvalue weighted by Gasteiger charge is 2.37. The number of benzene rings is 2. The Bertz CT molecular complexity index is 1700. The fourth-order valence-electron chi connectivity index (χ4n) is 6.43. The number of nitrogens with zero attached hydrogens (tertiary/aromatic N) is 5. The molecule has 2 fully saturated rings. The number of ether oxygens (including phenoxy) is 1. The van der Waals surface area contributed by atoms with Crippen LogP contribution in [0.25, 0.3) is 22.0 Å². The van der Waals surface area contributed by atoms with Crippen LogP contribution in [-0.2, 0) is 4.79 Å². The highest BCUT2D eigenvalue weighted by molar-refractivity contribution is 6.35. The summed E-state index contributed by atoms with van der Waals surface area (Å²) < 4.78 is 51.4. The van der Waals surface area contributed by atoms with Crippen molar-refractivity contribution in [3.63, 3.8) is 0 Å². The lowest BCUT2D eigenvalue weighted by Crippen LogP contribution is -2.54. The molecule has 3 aliphatic heterocycles. The van der Waals surface area contributed by atoms with Crippen molar-refractivity contribution in [1.29, 1.82) is 5.26 Å². The summed E-state index contributed by atoms with van der Waals surface area (Å²) >= 11 is 6.80. The minimum absolute atomic E-state index is 0.0161. The van der Waals surface area contributed by atoms with Gasteiger partial charge in [0.1, 0.15) is 24.1 Å². The van der Waals surface area contributed by atoms with E-state index < -0.39 is 29.4 Å². The lowest BCUT2D eigenvalue weighted by molar-refractivity contribution is -0.129. The molecule has 220 valence electrons. The van der Waals surface area contributed by atoms with E-state index in [-0.39, 0.29) is 51.5 Å². The van der Waals surface area contributed by atoms with Gasteiger partial charge < -0.3 is 19.4 Å². The van der Waals surface area contributed by atoms with E-state index in [1.165, 1.54) is 23.6 Å². The molecule has 2 aromatic carbocycles. The summed E-state index contributed by atoms with van der Waals surface area (Å²) in [7, 11) is 0. The van der Waals surface area contributed by atoms with E-state index in [0.717, 1.165) is 31.6 Å². The summed E-state index contributed by atoms with van der Waals surface area (Å²) in [5.41, 5.74) is -0.968. The number of likely N-dealkylation sites (tertiary alicyclic amines) is 1. The largest absolute Gasteiger partial charge is 0.488 e. The minimum Gasteiger partial charge on any atom is -0.488 e. The number of hydrogen-bond donors (Lipinski definition) is 0. The first-order valence-corrected chi connectivity index (χ1v) is 14.3. The summed E-state index contributed by atoms with van der Waals surface area (Å²) in [5, 5.41) is 10.7. The fourth-order valence-corrected chi connectivity index (χ4v) is 6.72. The molecule has 2 atom stereocenters. The maximum absolute atomic E-state index is 15.3. The van der Waals surface area contributed by atoms with E-state index in [1.54, 1.807) is 4.90 Å². The number of piperazine rings is 1. The SMILES string of the molecule is CC(=O)N1CCN(c2c(C#N)c(=O)n3c4c(c(-c5c(F)cccc5C(F)F)c(Cl)cc24)OCC3CN2CCC2)[C@@H](C)C1. The van der Waals surface area contributed by atoms with Crippen LogP contribution in [0.3, 0.4) is 0 Å². The zero-order valence-electron chi connectivity index (χ0n) is 23.2. The third-order valence-electron chi connectivity index (χ3n) is 8.58. The Labute approximate surface area is 245 Å². The first kappa shape index (κ1) is 28.4. The van der Waals surface area contributed by atoms with E-state index in [9.17, 15) is 23.6 Å². The van der Waals surface area contributed by atoms with Gasteiger partial charge in [0.2, 0.25) is 5.91 Å². The van der Waals surface area contributed by atoms with E-state index in [4.69, 9.17) is 16.3 Å². The molecule has 12 heteroatoms. The van der Waals surface area contributed by atoms with Crippen molar-refractivity contribution in [3.8, 4) is 22.9 Å². The third-order valence-corrected chi connectivity index (χ3v) is 8.88. The van der Waals surface area contributed by atoms with Gasteiger partial charge in [-0.3, -0.25) is 14.2 Å². The van der Waals surface area contributed by atoms with Crippen LogP contribution in [0.1, 0.15) is 43.9 Å². The topological polar surface area (TPSA) is 81.8 Å². The summed E-state index contributed by atoms with van der Waals surface area (Å²) in [6.45, 7) is 6.74. The number of halogens is 4. The normalized spacial score (nSPS) is 20.4. The Morgan fingerprint density at radius 2 is 1.98 bits per heavy atom. The van der Waals surface area contributed by atoms with Crippen LogP contribution in [0.2, 0.25) is 5.02 Å². The van der Waals surface area contributed by atoms with Crippen LogP contribution in [0.5, 0.6) is 5.75 Å². The molecule has 0 saturated carbocycles. The van der Waals surface area contributed by atoms with Gasteiger partial charge in [0.25, 0.3) is 12.0 Å². The summed E-state index contributed by atoms with van der Waals surface area (Å²) in [5.74, 6) is -0.941. The van der Waals surface area contributed by atoms with Crippen LogP contribution in [-0.4, -0.2) is 72.2 Å². The van der Waals surface area contributed by atoms with Gasteiger partial charge in [-0.05, 0) is 38.6 Å². The van der Waals surface area contributed by atoms with Crippen molar-refractivity contribution < 1.29 is 22.7 Å². The Balaban J connectivity index is 1.67. The molecular formula is C30H29ClF3N5O3. The molecule has 1 unspecified atom stereocenters. The smallest absolute Gasteiger partial charge is 0.271 e. The molecule has 0 spiro atoms. The van der Waals surface area contributed by atoms with Crippen molar-refractivity contribution in [3.05, 3.63) is 56.6 Å². The lowest BCUT2D eigenvalue weighted by Gasteiger charge is -2.42. The van der Waals surface area contributed by atoms with Gasteiger partial charge in [0, 0.05) is 61.2 Å². The van der Waals surface area contributed by atoms with E-state index in [2.05, 4.69) is 11.0 Å². The predicted molar refractivity (Wildman–Crippen MR) is 153 cm³/mol. The minimum atomic E-state index is -2.99. The van der Waals surface area contributed by atoms with E-state index in [0.29, 0.717) is 37.3 Å². The molecule has 8 nitrogen and oxygen atoms in total. The summed E-state index contributed by atoms with van der Waals surface area (Å²) in [6.07, 6.45) is -1.96. The molecule has 42 heavy (non-hydrogen) atoms. The first-order valence-electron chi connectivity index (χ1n) is 13.9. The number of carbonyl (C=O) groups is 1. The van der Waals surface area contributed by atoms with Crippen LogP contribution in [0, 0.1) is 17.1 Å². The maximum Gasteiger partial charge on any atom is 0.271 e. The van der Waals surface area contributed by atoms with Crippen LogP contribution in [0.15, 0.2) is 29.1 Å². The quantitative estimate of drug-likeness (QED) is 0.412. The first-order chi connectivity index (χ1) is 20.1. The Hall–Kier alpha value is -3.75. The number of anilines is 1. The number of aromatic nitrogens is 1. The van der Waals surface area contributed by atoms with Crippen molar-refractivity contribution in [2.45, 2.75) is 38.8 Å². The molecule has 0 bridgehead atoms. The second-order valence-corrected chi connectivity index (χ2v) is 11.5. The molecular weight excluding hydrogens is 571 g/mol. The number of rotatable bonds is 5. The Morgan fingerprint density at radius 1 is 1.21 bits per heavy atom. The van der Waals surface area contributed by atoms with E-state index in [1.807, 2.05) is 11.8 Å². The van der Waals surface area contributed by atoms with Crippen LogP contribution in [0.4, 0.5) is 18.9 Å². The standard InChI is InChI=1S/C30H29ClF3N5O3/c1-16-13-37(17(2)40)9-10-38(16)26-20-11-22(31)25(24-19(29(33)34)5-3-6-23(24)32)28-27(20)39(30(41)21(26)12-35)18(15-42-28)14-36-7-4-8-36/h3,5-6,11,16,18,29H,4,7-10,13-15H2,1-2H3/t16-,18?/m0/s1. The molecule has 0 aliphatic carbocycles. The van der Waals surface area contributed by atoms with E-state index >= 15 is 4.39 Å². The van der Waals surface area contributed by atoms with Gasteiger partial charge in [-0.2, -0.15) is 5.26 Å². The molecule has 3 aromatic rings. The highest BCUT2D eigenvalue weighted by Crippen LogP contribution is 2.50. The number of alkyl halides is 2. The Morgan fingerprint density at radius 3 is 2.60 bits per heavy atom. The number of carbonyl (C=O) groups excluding carboxylic acids is 1. The van der Waals surface area contributed by atoms with Gasteiger partial charge >= 0.3 is 0 Å². The summed E-state index contributed by atoms with van der Waals surface area (Å²) in [6, 6.07) is 6.33. The van der Waals surface area contributed by atoms with Crippen molar-refractivity contribution in [1.82, 2.24) is 14.4 Å². The average Bonchev–Trinajstić information content (AvgIpc) is 2.93. The van der Waals surface area contributed by atoms with Gasteiger partial charge in [0.15, 0.2) is 5.75 Å². The molecule has 4 heterocycles. The maximum atomic E-state index is 15.3. The van der Waals surface area contributed by atoms with Crippen molar-refractivity contribution in [2.75, 3.05) is 50.8 Å².